The summed E-state index contributed by atoms with van der Waals surface area (Å²) in [6.45, 7) is 17.3. The van der Waals surface area contributed by atoms with E-state index < -0.39 is 11.2 Å². The first kappa shape index (κ1) is 52.3. The van der Waals surface area contributed by atoms with Crippen molar-refractivity contribution in [2.24, 2.45) is 17.4 Å². The minimum absolute atomic E-state index is 0.0485. The van der Waals surface area contributed by atoms with Crippen molar-refractivity contribution in [2.45, 2.75) is 64.8 Å². The van der Waals surface area contributed by atoms with Gasteiger partial charge in [-0.3, -0.25) is 55.8 Å². The molecule has 0 radical (unpaired) electrons. The molecule has 0 bridgehead atoms. The predicted molar refractivity (Wildman–Crippen MR) is 262 cm³/mol. The molecule has 3 aliphatic rings. The first-order valence-electron chi connectivity index (χ1n) is 22.7. The zero-order valence-corrected chi connectivity index (χ0v) is 39.9. The topological polar surface area (TPSA) is 247 Å². The summed E-state index contributed by atoms with van der Waals surface area (Å²) in [4.78, 5) is 82.1. The highest BCUT2D eigenvalue weighted by atomic mass is 16.6. The molecule has 8 rings (SSSR count). The van der Waals surface area contributed by atoms with Crippen LogP contribution in [0.3, 0.4) is 0 Å². The molecule has 5 aromatic rings. The van der Waals surface area contributed by atoms with Crippen molar-refractivity contribution in [3.8, 4) is 0 Å². The van der Waals surface area contributed by atoms with E-state index in [9.17, 15) is 28.8 Å². The van der Waals surface area contributed by atoms with E-state index in [1.807, 2.05) is 90.1 Å². The fourth-order valence-electron chi connectivity index (χ4n) is 8.11. The lowest BCUT2D eigenvalue weighted by atomic mass is 10.0. The van der Waals surface area contributed by atoms with Crippen LogP contribution in [-0.2, 0) is 9.47 Å². The molecule has 68 heavy (non-hydrogen) atoms. The van der Waals surface area contributed by atoms with Gasteiger partial charge in [-0.25, -0.2) is 9.59 Å². The fraction of sp³-hybridized carbons (Fsp3) is 0.400. The van der Waals surface area contributed by atoms with Gasteiger partial charge in [-0.05, 0) is 76.9 Å². The number of hydrazine groups is 1. The second kappa shape index (κ2) is 23.8. The third-order valence-corrected chi connectivity index (χ3v) is 11.3. The molecule has 4 amide bonds. The molecule has 8 N–H and O–H groups in total. The average Bonchev–Trinajstić information content (AvgIpc) is 3.57. The summed E-state index contributed by atoms with van der Waals surface area (Å²) in [6, 6.07) is 34.0. The highest BCUT2D eigenvalue weighted by molar-refractivity contribution is 6.21. The SMILES string of the molecule is CC(C)(C)OC(=O)N1CCN(CCN)C(c2ccccc2)C1.CC(C)(C)OC(=O)N1CCN(CCN2C(=O)c3ccccc3C2=O)C(c2ccccc2)C1.NN.O=c1[nH][nH]c(=O)c2ccccc12. The number of hydrogen-bond acceptors (Lipinski definition) is 13. The number of fused-ring (bicyclic) bond motifs is 2. The minimum Gasteiger partial charge on any atom is -0.444 e. The number of nitrogens with two attached hydrogens (primary N) is 3. The molecule has 364 valence electrons. The maximum atomic E-state index is 12.7. The van der Waals surface area contributed by atoms with Crippen molar-refractivity contribution in [3.05, 3.63) is 152 Å². The Labute approximate surface area is 396 Å². The molecule has 3 aliphatic heterocycles. The Hall–Kier alpha value is -6.70. The number of piperazine rings is 2. The number of amides is 4. The lowest BCUT2D eigenvalue weighted by Crippen LogP contribution is -2.53. The van der Waals surface area contributed by atoms with Crippen molar-refractivity contribution in [2.75, 3.05) is 65.4 Å². The number of aromatic amines is 2. The largest absolute Gasteiger partial charge is 0.444 e. The lowest BCUT2D eigenvalue weighted by molar-refractivity contribution is 0.00220. The predicted octanol–water partition coefficient (Wildman–Crippen LogP) is 4.85. The van der Waals surface area contributed by atoms with Gasteiger partial charge in [-0.1, -0.05) is 84.9 Å². The van der Waals surface area contributed by atoms with Gasteiger partial charge in [0.15, 0.2) is 0 Å². The smallest absolute Gasteiger partial charge is 0.410 e. The van der Waals surface area contributed by atoms with Crippen molar-refractivity contribution >= 4 is 34.8 Å². The van der Waals surface area contributed by atoms with Gasteiger partial charge in [0.25, 0.3) is 22.9 Å². The number of ether oxygens (including phenoxy) is 2. The molecule has 4 aromatic carbocycles. The van der Waals surface area contributed by atoms with Crippen LogP contribution in [0.15, 0.2) is 119 Å². The summed E-state index contributed by atoms with van der Waals surface area (Å²) in [5.41, 5.74) is 7.39. The van der Waals surface area contributed by atoms with Gasteiger partial charge in [-0.15, -0.1) is 0 Å². The summed E-state index contributed by atoms with van der Waals surface area (Å²) < 4.78 is 11.1. The Kier molecular flexibility index (Phi) is 18.3. The van der Waals surface area contributed by atoms with Gasteiger partial charge < -0.3 is 25.0 Å². The number of aromatic nitrogens is 2. The second-order valence-corrected chi connectivity index (χ2v) is 18.3. The molecule has 0 aliphatic carbocycles. The van der Waals surface area contributed by atoms with Gasteiger partial charge in [0.2, 0.25) is 0 Å². The zero-order valence-electron chi connectivity index (χ0n) is 39.9. The van der Waals surface area contributed by atoms with E-state index in [-0.39, 0.29) is 47.2 Å². The van der Waals surface area contributed by atoms with Crippen LogP contribution in [0.2, 0.25) is 0 Å². The van der Waals surface area contributed by atoms with E-state index in [0.29, 0.717) is 74.3 Å². The molecule has 2 saturated heterocycles. The number of benzene rings is 4. The van der Waals surface area contributed by atoms with Crippen LogP contribution in [0.5, 0.6) is 0 Å². The van der Waals surface area contributed by atoms with E-state index in [1.54, 1.807) is 58.3 Å². The van der Waals surface area contributed by atoms with Crippen molar-refractivity contribution in [1.29, 1.82) is 0 Å². The van der Waals surface area contributed by atoms with Crippen LogP contribution in [0.25, 0.3) is 10.8 Å². The minimum atomic E-state index is -0.554. The zero-order chi connectivity index (χ0) is 49.6. The van der Waals surface area contributed by atoms with Crippen molar-refractivity contribution < 1.29 is 28.7 Å². The van der Waals surface area contributed by atoms with E-state index in [2.05, 4.69) is 43.8 Å². The molecule has 4 heterocycles. The van der Waals surface area contributed by atoms with Crippen LogP contribution in [0, 0.1) is 0 Å². The summed E-state index contributed by atoms with van der Waals surface area (Å²) in [7, 11) is 0. The van der Waals surface area contributed by atoms with E-state index in [1.165, 1.54) is 10.5 Å². The number of hydrogen-bond donors (Lipinski definition) is 5. The van der Waals surface area contributed by atoms with Crippen LogP contribution >= 0.6 is 0 Å². The summed E-state index contributed by atoms with van der Waals surface area (Å²) in [5.74, 6) is 7.52. The highest BCUT2D eigenvalue weighted by Crippen LogP contribution is 2.29. The maximum absolute atomic E-state index is 12.7. The monoisotopic (exact) mass is 935 g/mol. The molecule has 2 atom stereocenters. The normalized spacial score (nSPS) is 17.5. The van der Waals surface area contributed by atoms with Gasteiger partial charge in [0, 0.05) is 65.4 Å². The molecular formula is C50H66N10O8. The fourth-order valence-corrected chi connectivity index (χ4v) is 8.11. The number of imide groups is 1. The number of nitrogens with zero attached hydrogens (tertiary/aromatic N) is 5. The Balaban J connectivity index is 0.000000206. The Morgan fingerprint density at radius 2 is 0.912 bits per heavy atom. The van der Waals surface area contributed by atoms with E-state index in [4.69, 9.17) is 15.2 Å². The van der Waals surface area contributed by atoms with E-state index >= 15 is 0 Å². The van der Waals surface area contributed by atoms with Crippen molar-refractivity contribution in [3.63, 3.8) is 0 Å². The van der Waals surface area contributed by atoms with Crippen LogP contribution in [-0.4, -0.2) is 135 Å². The second-order valence-electron chi connectivity index (χ2n) is 18.3. The van der Waals surface area contributed by atoms with Crippen LogP contribution in [0.1, 0.15) is 85.5 Å². The van der Waals surface area contributed by atoms with Gasteiger partial charge in [-0.2, -0.15) is 0 Å². The summed E-state index contributed by atoms with van der Waals surface area (Å²) in [5, 5.41) is 5.33. The Morgan fingerprint density at radius 1 is 0.544 bits per heavy atom. The molecule has 2 unspecified atom stereocenters. The number of rotatable bonds is 7. The van der Waals surface area contributed by atoms with Gasteiger partial charge in [0.05, 0.1) is 34.0 Å². The quantitative estimate of drug-likeness (QED) is 0.0834. The van der Waals surface area contributed by atoms with Gasteiger partial charge >= 0.3 is 12.2 Å². The number of carbonyl (C=O) groups excluding carboxylic acids is 4. The first-order chi connectivity index (χ1) is 32.4. The third-order valence-electron chi connectivity index (χ3n) is 11.3. The maximum Gasteiger partial charge on any atom is 0.410 e. The van der Waals surface area contributed by atoms with Crippen LogP contribution < -0.4 is 28.5 Å². The number of carbonyl (C=O) groups is 4. The average molecular weight is 935 g/mol. The highest BCUT2D eigenvalue weighted by Gasteiger charge is 2.38. The van der Waals surface area contributed by atoms with Crippen LogP contribution in [0.4, 0.5) is 9.59 Å². The third kappa shape index (κ3) is 13.9. The molecular weight excluding hydrogens is 869 g/mol. The Morgan fingerprint density at radius 3 is 1.29 bits per heavy atom. The molecule has 0 spiro atoms. The summed E-state index contributed by atoms with van der Waals surface area (Å²) >= 11 is 0. The number of H-pyrrole nitrogens is 2. The first-order valence-corrected chi connectivity index (χ1v) is 22.7. The van der Waals surface area contributed by atoms with Crippen molar-refractivity contribution in [1.82, 2.24) is 34.7 Å². The molecule has 18 heteroatoms. The standard InChI is InChI=1S/C25H29N3O4.C17H27N3O2.C8H6N2O2.H4N2/c1-25(2,3)32-24(31)27-14-13-26(21(17-27)18-9-5-4-6-10-18)15-16-28-22(29)19-11-7-8-12-20(19)23(28)30;1-17(2,3)22-16(21)20-12-11-19(10-9-18)15(13-20)14-7-5-4-6-8-14;11-7-5-3-1-2-4-6(5)8(12)10-9-7;1-2/h4-12,21H,13-17H2,1-3H3;4-8,15H,9-13,18H2,1-3H3;1-4H,(H,9,11)(H,10,12);1-2H2. The number of nitrogens with one attached hydrogen (secondary N) is 2. The lowest BCUT2D eigenvalue weighted by Gasteiger charge is -2.42. The molecule has 18 nitrogen and oxygen atoms in total. The Bertz CT molecular complexity index is 2490. The summed E-state index contributed by atoms with van der Waals surface area (Å²) in [6.07, 6.45) is -0.556. The molecule has 1 aromatic heterocycles. The molecule has 0 saturated carbocycles. The van der Waals surface area contributed by atoms with E-state index in [0.717, 1.165) is 18.7 Å². The molecule has 2 fully saturated rings. The van der Waals surface area contributed by atoms with Gasteiger partial charge in [0.1, 0.15) is 11.2 Å².